The second-order valence-electron chi connectivity index (χ2n) is 4.13. The molecule has 1 aromatic heterocycles. The summed E-state index contributed by atoms with van der Waals surface area (Å²) in [6.45, 7) is -0.952. The summed E-state index contributed by atoms with van der Waals surface area (Å²) < 4.78 is 30.1. The van der Waals surface area contributed by atoms with Gasteiger partial charge in [0, 0.05) is 6.54 Å². The lowest BCUT2D eigenvalue weighted by molar-refractivity contribution is -0.122. The lowest BCUT2D eigenvalue weighted by Crippen LogP contribution is -2.38. The van der Waals surface area contributed by atoms with Crippen LogP contribution in [-0.2, 0) is 11.3 Å². The molecule has 6 nitrogen and oxygen atoms in total. The van der Waals surface area contributed by atoms with E-state index in [9.17, 15) is 18.4 Å². The molecule has 0 aliphatic heterocycles. The summed E-state index contributed by atoms with van der Waals surface area (Å²) in [4.78, 5) is 23.1. The third-order valence-electron chi connectivity index (χ3n) is 2.67. The van der Waals surface area contributed by atoms with Gasteiger partial charge < -0.3 is 14.8 Å². The van der Waals surface area contributed by atoms with Gasteiger partial charge in [0.15, 0.2) is 5.58 Å². The van der Waals surface area contributed by atoms with E-state index in [1.165, 1.54) is 0 Å². The molecular weight excluding hydrogens is 274 g/mol. The van der Waals surface area contributed by atoms with Crippen LogP contribution in [0.15, 0.2) is 33.5 Å². The quantitative estimate of drug-likeness (QED) is 0.830. The van der Waals surface area contributed by atoms with E-state index in [0.717, 1.165) is 4.57 Å². The molecule has 2 aromatic rings. The van der Waals surface area contributed by atoms with Crippen LogP contribution >= 0.6 is 0 Å². The first-order chi connectivity index (χ1) is 9.49. The number of carbonyl (C=O) groups excluding carboxylic acids is 1. The van der Waals surface area contributed by atoms with Crippen molar-refractivity contribution in [2.24, 2.45) is 0 Å². The average Bonchev–Trinajstić information content (AvgIpc) is 2.72. The molecule has 0 saturated heterocycles. The normalized spacial score (nSPS) is 12.8. The first-order valence-corrected chi connectivity index (χ1v) is 5.80. The number of oxazole rings is 1. The van der Waals surface area contributed by atoms with E-state index in [1.807, 2.05) is 0 Å². The maximum atomic E-state index is 12.1. The average molecular weight is 286 g/mol. The smallest absolute Gasteiger partial charge is 0.408 e. The summed E-state index contributed by atoms with van der Waals surface area (Å²) in [5.74, 6) is -1.38. The van der Waals surface area contributed by atoms with E-state index in [1.54, 1.807) is 24.3 Å². The van der Waals surface area contributed by atoms with Gasteiger partial charge in [0.25, 0.3) is 6.43 Å². The third kappa shape index (κ3) is 3.02. The van der Waals surface area contributed by atoms with Gasteiger partial charge >= 0.3 is 5.76 Å². The fourth-order valence-electron chi connectivity index (χ4n) is 1.67. The molecule has 1 amide bonds. The molecule has 0 aliphatic rings. The Morgan fingerprint density at radius 1 is 1.40 bits per heavy atom. The number of hydrogen-bond acceptors (Lipinski definition) is 4. The highest BCUT2D eigenvalue weighted by molar-refractivity contribution is 5.79. The Balaban J connectivity index is 2.07. The molecule has 0 bridgehead atoms. The Bertz CT molecular complexity index is 665. The number of benzene rings is 1. The molecule has 0 radical (unpaired) electrons. The first-order valence-electron chi connectivity index (χ1n) is 5.80. The zero-order chi connectivity index (χ0) is 14.7. The van der Waals surface area contributed by atoms with Gasteiger partial charge in [-0.05, 0) is 12.1 Å². The molecule has 0 aliphatic carbocycles. The number of amides is 1. The van der Waals surface area contributed by atoms with E-state index >= 15 is 0 Å². The Morgan fingerprint density at radius 2 is 2.10 bits per heavy atom. The number of rotatable bonds is 5. The number of nitrogens with zero attached hydrogens (tertiary/aromatic N) is 1. The van der Waals surface area contributed by atoms with Crippen molar-refractivity contribution in [3.05, 3.63) is 34.8 Å². The number of aliphatic hydroxyl groups is 1. The summed E-state index contributed by atoms with van der Waals surface area (Å²) in [5, 5.41) is 11.0. The number of aromatic nitrogens is 1. The van der Waals surface area contributed by atoms with Gasteiger partial charge in [-0.25, -0.2) is 13.6 Å². The minimum absolute atomic E-state index is 0.331. The molecule has 2 N–H and O–H groups in total. The molecule has 1 unspecified atom stereocenters. The van der Waals surface area contributed by atoms with Crippen molar-refractivity contribution in [3.63, 3.8) is 0 Å². The molecule has 108 valence electrons. The SMILES string of the molecule is O=C(Cn1c(=O)oc2ccccc21)NCC(O)C(F)F. The molecule has 1 aromatic carbocycles. The summed E-state index contributed by atoms with van der Waals surface area (Å²) in [5.41, 5.74) is 0.764. The zero-order valence-corrected chi connectivity index (χ0v) is 10.3. The van der Waals surface area contributed by atoms with E-state index in [0.29, 0.717) is 11.1 Å². The molecule has 8 heteroatoms. The van der Waals surface area contributed by atoms with Crippen molar-refractivity contribution in [2.75, 3.05) is 6.54 Å². The number of alkyl halides is 2. The monoisotopic (exact) mass is 286 g/mol. The van der Waals surface area contributed by atoms with Crippen LogP contribution in [0.3, 0.4) is 0 Å². The van der Waals surface area contributed by atoms with Gasteiger partial charge in [-0.1, -0.05) is 12.1 Å². The number of aliphatic hydroxyl groups excluding tert-OH is 1. The highest BCUT2D eigenvalue weighted by atomic mass is 19.3. The van der Waals surface area contributed by atoms with Crippen molar-refractivity contribution in [2.45, 2.75) is 19.1 Å². The largest absolute Gasteiger partial charge is 0.420 e. The van der Waals surface area contributed by atoms with Crippen LogP contribution in [0.5, 0.6) is 0 Å². The minimum atomic E-state index is -2.94. The topological polar surface area (TPSA) is 84.5 Å². The molecule has 2 rings (SSSR count). The number of hydrogen-bond donors (Lipinski definition) is 2. The Labute approximate surface area is 111 Å². The Kier molecular flexibility index (Phi) is 4.14. The number of carbonyl (C=O) groups is 1. The van der Waals surface area contributed by atoms with E-state index in [4.69, 9.17) is 9.52 Å². The number of fused-ring (bicyclic) bond motifs is 1. The van der Waals surface area contributed by atoms with E-state index in [2.05, 4.69) is 5.32 Å². The highest BCUT2D eigenvalue weighted by Crippen LogP contribution is 2.11. The molecule has 0 spiro atoms. The van der Waals surface area contributed by atoms with Crippen LogP contribution in [0.4, 0.5) is 8.78 Å². The van der Waals surface area contributed by atoms with Gasteiger partial charge in [-0.3, -0.25) is 9.36 Å². The molecule has 0 fully saturated rings. The van der Waals surface area contributed by atoms with Gasteiger partial charge in [-0.15, -0.1) is 0 Å². The molecule has 0 saturated carbocycles. The number of halogens is 2. The fraction of sp³-hybridized carbons (Fsp3) is 0.333. The predicted octanol–water partition coefficient (Wildman–Crippen LogP) is 0.337. The standard InChI is InChI=1S/C12H12F2N2O4/c13-11(14)8(17)5-15-10(18)6-16-7-3-1-2-4-9(7)20-12(16)19/h1-4,8,11,17H,5-6H2,(H,15,18). The summed E-state index contributed by atoms with van der Waals surface area (Å²) in [6.07, 6.45) is -4.87. The van der Waals surface area contributed by atoms with Crippen molar-refractivity contribution in [1.82, 2.24) is 9.88 Å². The summed E-state index contributed by atoms with van der Waals surface area (Å²) >= 11 is 0. The molecule has 1 atom stereocenters. The van der Waals surface area contributed by atoms with Crippen LogP contribution in [0, 0.1) is 0 Å². The maximum Gasteiger partial charge on any atom is 0.420 e. The highest BCUT2D eigenvalue weighted by Gasteiger charge is 2.18. The van der Waals surface area contributed by atoms with Crippen LogP contribution in [0.1, 0.15) is 0 Å². The van der Waals surface area contributed by atoms with E-state index in [-0.39, 0.29) is 6.54 Å². The van der Waals surface area contributed by atoms with Crippen molar-refractivity contribution < 1.29 is 23.1 Å². The van der Waals surface area contributed by atoms with Crippen LogP contribution in [0.25, 0.3) is 11.1 Å². The van der Waals surface area contributed by atoms with Crippen LogP contribution in [-0.4, -0.2) is 34.7 Å². The van der Waals surface area contributed by atoms with Crippen LogP contribution < -0.4 is 11.1 Å². The van der Waals surface area contributed by atoms with Gasteiger partial charge in [0.2, 0.25) is 5.91 Å². The minimum Gasteiger partial charge on any atom is -0.408 e. The van der Waals surface area contributed by atoms with Gasteiger partial charge in [-0.2, -0.15) is 0 Å². The molecule has 20 heavy (non-hydrogen) atoms. The zero-order valence-electron chi connectivity index (χ0n) is 10.3. The molecular formula is C12H12F2N2O4. The third-order valence-corrected chi connectivity index (χ3v) is 2.67. The van der Waals surface area contributed by atoms with E-state index < -0.39 is 30.7 Å². The molecule has 1 heterocycles. The van der Waals surface area contributed by atoms with Crippen LogP contribution in [0.2, 0.25) is 0 Å². The number of nitrogens with one attached hydrogen (secondary N) is 1. The lowest BCUT2D eigenvalue weighted by atomic mass is 10.3. The van der Waals surface area contributed by atoms with Gasteiger partial charge in [0.05, 0.1) is 5.52 Å². The second kappa shape index (κ2) is 5.83. The number of para-hydroxylation sites is 2. The maximum absolute atomic E-state index is 12.1. The summed E-state index contributed by atoms with van der Waals surface area (Å²) in [6, 6.07) is 6.52. The fourth-order valence-corrected chi connectivity index (χ4v) is 1.67. The van der Waals surface area contributed by atoms with Gasteiger partial charge in [0.1, 0.15) is 12.6 Å². The first kappa shape index (κ1) is 14.2. The Morgan fingerprint density at radius 3 is 2.80 bits per heavy atom. The van der Waals surface area contributed by atoms with Crippen molar-refractivity contribution >= 4 is 17.0 Å². The van der Waals surface area contributed by atoms with Crippen molar-refractivity contribution in [3.8, 4) is 0 Å². The second-order valence-corrected chi connectivity index (χ2v) is 4.13. The Hall–Kier alpha value is -2.22. The lowest BCUT2D eigenvalue weighted by Gasteiger charge is -2.10. The predicted molar refractivity (Wildman–Crippen MR) is 65.5 cm³/mol. The van der Waals surface area contributed by atoms with Crippen molar-refractivity contribution in [1.29, 1.82) is 0 Å². The summed E-state index contributed by atoms with van der Waals surface area (Å²) in [7, 11) is 0.